The van der Waals surface area contributed by atoms with Crippen LogP contribution in [0.5, 0.6) is 0 Å². The molecular weight excluding hydrogens is 202 g/mol. The summed E-state index contributed by atoms with van der Waals surface area (Å²) in [7, 11) is 5.32. The second kappa shape index (κ2) is 11.4. The SMILES string of the molecule is CC.CCC1CC(N(C)C)CC(C)O1.CO. The molecule has 0 aliphatic carbocycles. The Hall–Kier alpha value is -0.120. The van der Waals surface area contributed by atoms with Crippen LogP contribution in [0.4, 0.5) is 0 Å². The highest BCUT2D eigenvalue weighted by atomic mass is 16.5. The molecule has 3 unspecified atom stereocenters. The van der Waals surface area contributed by atoms with Gasteiger partial charge in [-0.2, -0.15) is 0 Å². The van der Waals surface area contributed by atoms with Crippen LogP contribution in [0.3, 0.4) is 0 Å². The molecule has 0 amide bonds. The molecule has 0 spiro atoms. The second-order valence-electron chi connectivity index (χ2n) is 4.07. The average Bonchev–Trinajstić information content (AvgIpc) is 2.33. The zero-order chi connectivity index (χ0) is 13.1. The predicted octanol–water partition coefficient (Wildman–Crippen LogP) is 2.53. The van der Waals surface area contributed by atoms with Crippen molar-refractivity contribution in [2.24, 2.45) is 0 Å². The highest BCUT2D eigenvalue weighted by Crippen LogP contribution is 2.23. The maximum Gasteiger partial charge on any atom is 0.0591 e. The third-order valence-corrected chi connectivity index (χ3v) is 2.75. The third kappa shape index (κ3) is 7.20. The Balaban J connectivity index is 0. The Kier molecular flexibility index (Phi) is 13.0. The van der Waals surface area contributed by atoms with Crippen LogP contribution in [0.15, 0.2) is 0 Å². The van der Waals surface area contributed by atoms with Gasteiger partial charge in [-0.1, -0.05) is 20.8 Å². The zero-order valence-corrected chi connectivity index (χ0v) is 12.2. The van der Waals surface area contributed by atoms with E-state index in [9.17, 15) is 0 Å². The van der Waals surface area contributed by atoms with Crippen molar-refractivity contribution in [1.82, 2.24) is 4.90 Å². The van der Waals surface area contributed by atoms with E-state index in [-0.39, 0.29) is 0 Å². The molecule has 100 valence electrons. The first kappa shape index (κ1) is 18.3. The van der Waals surface area contributed by atoms with Crippen molar-refractivity contribution in [1.29, 1.82) is 0 Å². The highest BCUT2D eigenvalue weighted by molar-refractivity contribution is 4.79. The van der Waals surface area contributed by atoms with Crippen molar-refractivity contribution in [3.8, 4) is 0 Å². The first-order valence-electron chi connectivity index (χ1n) is 6.40. The molecule has 0 aromatic heterocycles. The standard InChI is InChI=1S/C10H21NO.C2H6.CH4O/c1-5-10-7-9(11(3)4)6-8(2)12-10;2*1-2/h8-10H,5-7H2,1-4H3;1-2H3;2H,1H3. The lowest BCUT2D eigenvalue weighted by molar-refractivity contribution is -0.0679. The molecule has 0 aromatic carbocycles. The molecule has 1 fully saturated rings. The van der Waals surface area contributed by atoms with Gasteiger partial charge in [-0.3, -0.25) is 0 Å². The number of aliphatic hydroxyl groups excluding tert-OH is 1. The molecule has 0 aromatic rings. The lowest BCUT2D eigenvalue weighted by Crippen LogP contribution is -2.41. The van der Waals surface area contributed by atoms with Gasteiger partial charge in [-0.05, 0) is 40.3 Å². The van der Waals surface area contributed by atoms with Gasteiger partial charge in [0.2, 0.25) is 0 Å². The quantitative estimate of drug-likeness (QED) is 0.795. The fraction of sp³-hybridized carbons (Fsp3) is 1.00. The van der Waals surface area contributed by atoms with Gasteiger partial charge in [0.15, 0.2) is 0 Å². The Morgan fingerprint density at radius 3 is 2.06 bits per heavy atom. The fourth-order valence-corrected chi connectivity index (χ4v) is 1.91. The molecule has 1 N–H and O–H groups in total. The summed E-state index contributed by atoms with van der Waals surface area (Å²) in [4.78, 5) is 2.32. The maximum absolute atomic E-state index is 7.00. The van der Waals surface area contributed by atoms with Crippen LogP contribution >= 0.6 is 0 Å². The summed E-state index contributed by atoms with van der Waals surface area (Å²) in [5, 5.41) is 7.00. The molecule has 1 heterocycles. The van der Waals surface area contributed by atoms with Gasteiger partial charge < -0.3 is 14.7 Å². The van der Waals surface area contributed by atoms with Crippen LogP contribution < -0.4 is 0 Å². The molecule has 3 heteroatoms. The van der Waals surface area contributed by atoms with E-state index in [1.807, 2.05) is 13.8 Å². The topological polar surface area (TPSA) is 32.7 Å². The third-order valence-electron chi connectivity index (χ3n) is 2.75. The van der Waals surface area contributed by atoms with Crippen molar-refractivity contribution < 1.29 is 9.84 Å². The number of nitrogens with zero attached hydrogens (tertiary/aromatic N) is 1. The Morgan fingerprint density at radius 2 is 1.69 bits per heavy atom. The normalized spacial score (nSPS) is 28.7. The number of hydrogen-bond acceptors (Lipinski definition) is 3. The van der Waals surface area contributed by atoms with Crippen molar-refractivity contribution in [2.75, 3.05) is 21.2 Å². The van der Waals surface area contributed by atoms with Gasteiger partial charge in [0, 0.05) is 13.2 Å². The van der Waals surface area contributed by atoms with Crippen LogP contribution in [-0.4, -0.2) is 49.5 Å². The molecule has 1 saturated heterocycles. The van der Waals surface area contributed by atoms with Gasteiger partial charge in [0.05, 0.1) is 12.2 Å². The van der Waals surface area contributed by atoms with Gasteiger partial charge in [-0.25, -0.2) is 0 Å². The average molecular weight is 233 g/mol. The molecule has 16 heavy (non-hydrogen) atoms. The summed E-state index contributed by atoms with van der Waals surface area (Å²) < 4.78 is 5.79. The van der Waals surface area contributed by atoms with Crippen LogP contribution in [0.25, 0.3) is 0 Å². The second-order valence-corrected chi connectivity index (χ2v) is 4.07. The van der Waals surface area contributed by atoms with Crippen LogP contribution in [-0.2, 0) is 4.74 Å². The van der Waals surface area contributed by atoms with E-state index >= 15 is 0 Å². The smallest absolute Gasteiger partial charge is 0.0591 e. The number of hydrogen-bond donors (Lipinski definition) is 1. The Bertz CT molecular complexity index is 140. The molecular formula is C13H31NO2. The largest absolute Gasteiger partial charge is 0.400 e. The van der Waals surface area contributed by atoms with E-state index in [1.54, 1.807) is 0 Å². The van der Waals surface area contributed by atoms with E-state index in [1.165, 1.54) is 12.8 Å². The molecule has 1 rings (SSSR count). The van der Waals surface area contributed by atoms with Crippen molar-refractivity contribution >= 4 is 0 Å². The van der Waals surface area contributed by atoms with Gasteiger partial charge in [0.25, 0.3) is 0 Å². The van der Waals surface area contributed by atoms with E-state index in [2.05, 4.69) is 32.8 Å². The van der Waals surface area contributed by atoms with E-state index in [4.69, 9.17) is 9.84 Å². The minimum absolute atomic E-state index is 0.441. The van der Waals surface area contributed by atoms with Crippen LogP contribution in [0.1, 0.15) is 47.0 Å². The van der Waals surface area contributed by atoms with Crippen molar-refractivity contribution in [3.63, 3.8) is 0 Å². The van der Waals surface area contributed by atoms with E-state index < -0.39 is 0 Å². The molecule has 0 bridgehead atoms. The zero-order valence-electron chi connectivity index (χ0n) is 12.2. The molecule has 0 saturated carbocycles. The van der Waals surface area contributed by atoms with Crippen molar-refractivity contribution in [3.05, 3.63) is 0 Å². The molecule has 0 radical (unpaired) electrons. The van der Waals surface area contributed by atoms with Gasteiger partial charge in [0.1, 0.15) is 0 Å². The Morgan fingerprint density at radius 1 is 1.19 bits per heavy atom. The van der Waals surface area contributed by atoms with Crippen LogP contribution in [0, 0.1) is 0 Å². The number of aliphatic hydroxyl groups is 1. The first-order chi connectivity index (χ1) is 7.63. The number of ether oxygens (including phenoxy) is 1. The molecule has 3 atom stereocenters. The highest BCUT2D eigenvalue weighted by Gasteiger charge is 2.26. The summed E-state index contributed by atoms with van der Waals surface area (Å²) in [6.45, 7) is 8.38. The number of rotatable bonds is 2. The summed E-state index contributed by atoms with van der Waals surface area (Å²) in [6.07, 6.45) is 4.46. The summed E-state index contributed by atoms with van der Waals surface area (Å²) in [5.41, 5.74) is 0. The molecule has 3 nitrogen and oxygen atoms in total. The van der Waals surface area contributed by atoms with Gasteiger partial charge in [-0.15, -0.1) is 0 Å². The van der Waals surface area contributed by atoms with Gasteiger partial charge >= 0.3 is 0 Å². The van der Waals surface area contributed by atoms with E-state index in [0.717, 1.165) is 19.6 Å². The maximum atomic E-state index is 7.00. The fourth-order valence-electron chi connectivity index (χ4n) is 1.91. The van der Waals surface area contributed by atoms with E-state index in [0.29, 0.717) is 12.2 Å². The lowest BCUT2D eigenvalue weighted by atomic mass is 9.97. The molecule has 1 aliphatic heterocycles. The van der Waals surface area contributed by atoms with Crippen molar-refractivity contribution in [2.45, 2.75) is 65.2 Å². The lowest BCUT2D eigenvalue weighted by Gasteiger charge is -2.36. The minimum atomic E-state index is 0.441. The minimum Gasteiger partial charge on any atom is -0.400 e. The Labute approximate surface area is 102 Å². The summed E-state index contributed by atoms with van der Waals surface area (Å²) in [5.74, 6) is 0. The first-order valence-corrected chi connectivity index (χ1v) is 6.40. The predicted molar refractivity (Wildman–Crippen MR) is 70.8 cm³/mol. The van der Waals surface area contributed by atoms with Crippen LogP contribution in [0.2, 0.25) is 0 Å². The summed E-state index contributed by atoms with van der Waals surface area (Å²) >= 11 is 0. The summed E-state index contributed by atoms with van der Waals surface area (Å²) in [6, 6.07) is 0.721. The molecule has 1 aliphatic rings. The monoisotopic (exact) mass is 233 g/mol.